The maximum atomic E-state index is 12.3. The predicted octanol–water partition coefficient (Wildman–Crippen LogP) is 2.09. The van der Waals surface area contributed by atoms with Crippen molar-refractivity contribution in [1.29, 1.82) is 0 Å². The summed E-state index contributed by atoms with van der Waals surface area (Å²) in [7, 11) is 0. The molecule has 24 heavy (non-hydrogen) atoms. The minimum atomic E-state index is -0.314. The first-order valence-electron chi connectivity index (χ1n) is 7.37. The van der Waals surface area contributed by atoms with E-state index in [4.69, 9.17) is 9.15 Å². The van der Waals surface area contributed by atoms with Crippen LogP contribution < -0.4 is 15.4 Å². The van der Waals surface area contributed by atoms with Crippen LogP contribution in [0.15, 0.2) is 47.0 Å². The van der Waals surface area contributed by atoms with E-state index in [1.54, 1.807) is 0 Å². The second-order valence-corrected chi connectivity index (χ2v) is 5.35. The van der Waals surface area contributed by atoms with Crippen LogP contribution in [0.1, 0.15) is 16.1 Å². The van der Waals surface area contributed by atoms with E-state index in [0.717, 1.165) is 11.0 Å². The molecule has 7 nitrogen and oxygen atoms in total. The van der Waals surface area contributed by atoms with Gasteiger partial charge in [0.25, 0.3) is 11.8 Å². The highest BCUT2D eigenvalue weighted by molar-refractivity contribution is 5.99. The number of hydrogen-bond donors (Lipinski definition) is 2. The number of hydrogen-bond acceptors (Lipinski definition) is 5. The van der Waals surface area contributed by atoms with Gasteiger partial charge in [-0.3, -0.25) is 9.59 Å². The van der Waals surface area contributed by atoms with Crippen LogP contribution in [-0.4, -0.2) is 23.4 Å². The Balaban J connectivity index is 1.48. The van der Waals surface area contributed by atoms with Crippen molar-refractivity contribution in [3.05, 3.63) is 53.9 Å². The molecule has 0 radical (unpaired) electrons. The van der Waals surface area contributed by atoms with E-state index in [0.29, 0.717) is 22.9 Å². The van der Waals surface area contributed by atoms with Gasteiger partial charge in [0.15, 0.2) is 6.61 Å². The van der Waals surface area contributed by atoms with Crippen LogP contribution >= 0.6 is 0 Å². The number of nitrogens with zero attached hydrogens (tertiary/aromatic N) is 1. The average Bonchev–Trinajstić information content (AvgIpc) is 3.02. The summed E-state index contributed by atoms with van der Waals surface area (Å²) in [5.74, 6) is 0.380. The Kier molecular flexibility index (Phi) is 3.38. The van der Waals surface area contributed by atoms with Gasteiger partial charge in [-0.2, -0.15) is 0 Å². The molecule has 0 saturated heterocycles. The molecule has 1 aliphatic rings. The third-order valence-corrected chi connectivity index (χ3v) is 3.63. The Morgan fingerprint density at radius 2 is 2.17 bits per heavy atom. The number of aromatic nitrogens is 1. The molecule has 0 fully saturated rings. The number of carbonyl (C=O) groups excluding carboxylic acids is 2. The first-order chi connectivity index (χ1) is 11.7. The number of benzene rings is 1. The fraction of sp³-hybridized carbons (Fsp3) is 0.118. The minimum Gasteiger partial charge on any atom is -0.466 e. The molecule has 0 spiro atoms. The second kappa shape index (κ2) is 5.69. The number of para-hydroxylation sites is 1. The van der Waals surface area contributed by atoms with Crippen LogP contribution in [0.4, 0.5) is 5.69 Å². The van der Waals surface area contributed by atoms with Gasteiger partial charge in [-0.05, 0) is 18.2 Å². The maximum absolute atomic E-state index is 12.3. The van der Waals surface area contributed by atoms with E-state index in [9.17, 15) is 9.59 Å². The predicted molar refractivity (Wildman–Crippen MR) is 85.7 cm³/mol. The smallest absolute Gasteiger partial charge is 0.262 e. The lowest BCUT2D eigenvalue weighted by atomic mass is 10.2. The molecular weight excluding hydrogens is 310 g/mol. The number of furan rings is 1. The SMILES string of the molecule is O=C1COc2ncc(C(=O)NCc3cc4ccccc4o3)cc2N1. The second-order valence-electron chi connectivity index (χ2n) is 5.35. The summed E-state index contributed by atoms with van der Waals surface area (Å²) in [5, 5.41) is 6.37. The monoisotopic (exact) mass is 323 g/mol. The van der Waals surface area contributed by atoms with Crippen molar-refractivity contribution in [2.24, 2.45) is 0 Å². The quantitative estimate of drug-likeness (QED) is 0.770. The minimum absolute atomic E-state index is 0.0718. The molecule has 0 aliphatic carbocycles. The van der Waals surface area contributed by atoms with Crippen molar-refractivity contribution >= 4 is 28.5 Å². The highest BCUT2D eigenvalue weighted by atomic mass is 16.5. The highest BCUT2D eigenvalue weighted by Crippen LogP contribution is 2.25. The molecule has 2 amide bonds. The van der Waals surface area contributed by atoms with E-state index in [2.05, 4.69) is 15.6 Å². The summed E-state index contributed by atoms with van der Waals surface area (Å²) < 4.78 is 10.8. The maximum Gasteiger partial charge on any atom is 0.262 e. The Labute approximate surface area is 136 Å². The number of pyridine rings is 1. The van der Waals surface area contributed by atoms with Crippen LogP contribution in [0, 0.1) is 0 Å². The molecule has 3 heterocycles. The molecule has 2 N–H and O–H groups in total. The largest absolute Gasteiger partial charge is 0.466 e. The van der Waals surface area contributed by atoms with E-state index in [1.165, 1.54) is 12.3 Å². The summed E-state index contributed by atoms with van der Waals surface area (Å²) in [6, 6.07) is 11.1. The number of fused-ring (bicyclic) bond motifs is 2. The van der Waals surface area contributed by atoms with Crippen molar-refractivity contribution in [1.82, 2.24) is 10.3 Å². The van der Waals surface area contributed by atoms with Gasteiger partial charge in [0.05, 0.1) is 12.1 Å². The lowest BCUT2D eigenvalue weighted by Crippen LogP contribution is -2.27. The van der Waals surface area contributed by atoms with E-state index >= 15 is 0 Å². The van der Waals surface area contributed by atoms with Crippen LogP contribution in [0.25, 0.3) is 11.0 Å². The molecule has 0 atom stereocenters. The van der Waals surface area contributed by atoms with Crippen LogP contribution in [0.3, 0.4) is 0 Å². The van der Waals surface area contributed by atoms with E-state index in [-0.39, 0.29) is 25.0 Å². The zero-order valence-electron chi connectivity index (χ0n) is 12.5. The number of rotatable bonds is 3. The zero-order valence-corrected chi connectivity index (χ0v) is 12.5. The Morgan fingerprint density at radius 1 is 1.29 bits per heavy atom. The third-order valence-electron chi connectivity index (χ3n) is 3.63. The Hall–Kier alpha value is -3.35. The van der Waals surface area contributed by atoms with Crippen molar-refractivity contribution in [2.75, 3.05) is 11.9 Å². The fourth-order valence-electron chi connectivity index (χ4n) is 2.49. The lowest BCUT2D eigenvalue weighted by Gasteiger charge is -2.17. The summed E-state index contributed by atoms with van der Waals surface area (Å²) >= 11 is 0. The standard InChI is InChI=1S/C17H13N3O4/c21-15-9-23-17-13(20-15)6-11(7-19-17)16(22)18-8-12-5-10-3-1-2-4-14(10)24-12/h1-7H,8-9H2,(H,18,22)(H,20,21). The molecule has 0 unspecified atom stereocenters. The number of anilines is 1. The number of amides is 2. The molecule has 4 rings (SSSR count). The summed E-state index contributed by atoms with van der Waals surface area (Å²) in [5.41, 5.74) is 1.50. The molecule has 7 heteroatoms. The van der Waals surface area contributed by atoms with Crippen LogP contribution in [0.2, 0.25) is 0 Å². The van der Waals surface area contributed by atoms with Crippen LogP contribution in [0.5, 0.6) is 5.88 Å². The van der Waals surface area contributed by atoms with E-state index < -0.39 is 0 Å². The first-order valence-corrected chi connectivity index (χ1v) is 7.37. The van der Waals surface area contributed by atoms with Crippen molar-refractivity contribution in [3.8, 4) is 5.88 Å². The topological polar surface area (TPSA) is 93.5 Å². The Morgan fingerprint density at radius 3 is 3.04 bits per heavy atom. The van der Waals surface area contributed by atoms with E-state index in [1.807, 2.05) is 30.3 Å². The van der Waals surface area contributed by atoms with Gasteiger partial charge < -0.3 is 19.8 Å². The number of carbonyl (C=O) groups is 2. The van der Waals surface area contributed by atoms with Gasteiger partial charge >= 0.3 is 0 Å². The third kappa shape index (κ3) is 2.67. The summed E-state index contributed by atoms with van der Waals surface area (Å²) in [4.78, 5) is 27.6. The first kappa shape index (κ1) is 14.3. The van der Waals surface area contributed by atoms with Crippen molar-refractivity contribution in [3.63, 3.8) is 0 Å². The highest BCUT2D eigenvalue weighted by Gasteiger charge is 2.19. The van der Waals surface area contributed by atoms with Gasteiger partial charge in [-0.15, -0.1) is 0 Å². The molecule has 120 valence electrons. The van der Waals surface area contributed by atoms with Gasteiger partial charge in [-0.25, -0.2) is 4.98 Å². The summed E-state index contributed by atoms with van der Waals surface area (Å²) in [6.45, 7) is 0.186. The zero-order chi connectivity index (χ0) is 16.5. The molecule has 0 bridgehead atoms. The molecular formula is C17H13N3O4. The van der Waals surface area contributed by atoms with Crippen molar-refractivity contribution in [2.45, 2.75) is 6.54 Å². The fourth-order valence-corrected chi connectivity index (χ4v) is 2.49. The Bertz CT molecular complexity index is 915. The molecule has 0 saturated carbocycles. The van der Waals surface area contributed by atoms with Gasteiger partial charge in [0.1, 0.15) is 17.0 Å². The lowest BCUT2D eigenvalue weighted by molar-refractivity contribution is -0.118. The normalized spacial score (nSPS) is 13.1. The molecule has 1 aromatic carbocycles. The number of nitrogens with one attached hydrogen (secondary N) is 2. The molecule has 1 aliphatic heterocycles. The average molecular weight is 323 g/mol. The van der Waals surface area contributed by atoms with Gasteiger partial charge in [-0.1, -0.05) is 18.2 Å². The molecule has 2 aromatic heterocycles. The van der Waals surface area contributed by atoms with Gasteiger partial charge in [0, 0.05) is 11.6 Å². The summed E-state index contributed by atoms with van der Waals surface area (Å²) in [6.07, 6.45) is 1.41. The van der Waals surface area contributed by atoms with Crippen molar-refractivity contribution < 1.29 is 18.7 Å². The molecule has 3 aromatic rings. The van der Waals surface area contributed by atoms with Crippen LogP contribution in [-0.2, 0) is 11.3 Å². The van der Waals surface area contributed by atoms with Gasteiger partial charge in [0.2, 0.25) is 5.88 Å². The number of ether oxygens (including phenoxy) is 1.